The van der Waals surface area contributed by atoms with Crippen LogP contribution in [0.3, 0.4) is 0 Å². The summed E-state index contributed by atoms with van der Waals surface area (Å²) < 4.78 is 5.18. The molecule has 0 aliphatic rings. The number of furan rings is 1. The molecule has 0 fully saturated rings. The zero-order chi connectivity index (χ0) is 16.1. The summed E-state index contributed by atoms with van der Waals surface area (Å²) in [5.41, 5.74) is 1.29. The average molecular weight is 308 g/mol. The number of carbonyl (C=O) groups excluding carboxylic acids is 1. The number of anilines is 2. The Balaban J connectivity index is 1.73. The lowest BCUT2D eigenvalue weighted by molar-refractivity contribution is 0.0943. The quantitative estimate of drug-likeness (QED) is 0.784. The highest BCUT2D eigenvalue weighted by Gasteiger charge is 2.12. The maximum absolute atomic E-state index is 12.2. The van der Waals surface area contributed by atoms with Crippen molar-refractivity contribution in [2.24, 2.45) is 0 Å². The largest absolute Gasteiger partial charge is 0.467 e. The van der Waals surface area contributed by atoms with Crippen molar-refractivity contribution >= 4 is 17.4 Å². The number of para-hydroxylation sites is 1. The van der Waals surface area contributed by atoms with E-state index in [-0.39, 0.29) is 5.91 Å². The van der Waals surface area contributed by atoms with Gasteiger partial charge >= 0.3 is 0 Å². The molecule has 0 aliphatic carbocycles. The van der Waals surface area contributed by atoms with Gasteiger partial charge in [-0.25, -0.2) is 9.97 Å². The summed E-state index contributed by atoms with van der Waals surface area (Å²) in [5, 5.41) is 2.77. The first-order valence-electron chi connectivity index (χ1n) is 7.15. The molecule has 116 valence electrons. The summed E-state index contributed by atoms with van der Waals surface area (Å²) in [6.45, 7) is 0.319. The number of hydrogen-bond acceptors (Lipinski definition) is 5. The van der Waals surface area contributed by atoms with E-state index in [0.29, 0.717) is 23.8 Å². The Hall–Kier alpha value is -3.15. The van der Waals surface area contributed by atoms with Gasteiger partial charge in [0.25, 0.3) is 5.91 Å². The van der Waals surface area contributed by atoms with Crippen molar-refractivity contribution in [3.8, 4) is 0 Å². The van der Waals surface area contributed by atoms with Crippen molar-refractivity contribution in [3.05, 3.63) is 72.6 Å². The minimum Gasteiger partial charge on any atom is -0.467 e. The predicted octanol–water partition coefficient (Wildman–Crippen LogP) is 2.77. The summed E-state index contributed by atoms with van der Waals surface area (Å²) in [6, 6.07) is 15.0. The van der Waals surface area contributed by atoms with E-state index in [2.05, 4.69) is 15.3 Å². The van der Waals surface area contributed by atoms with E-state index < -0.39 is 0 Å². The molecular formula is C17H16N4O2. The molecule has 0 unspecified atom stereocenters. The number of carbonyl (C=O) groups is 1. The Kier molecular flexibility index (Phi) is 4.33. The number of hydrogen-bond donors (Lipinski definition) is 1. The molecule has 3 rings (SSSR count). The fourth-order valence-corrected chi connectivity index (χ4v) is 2.11. The summed E-state index contributed by atoms with van der Waals surface area (Å²) in [5.74, 6) is 1.06. The first kappa shape index (κ1) is 14.8. The summed E-state index contributed by atoms with van der Waals surface area (Å²) >= 11 is 0. The highest BCUT2D eigenvalue weighted by atomic mass is 16.3. The van der Waals surface area contributed by atoms with Crippen LogP contribution in [0.2, 0.25) is 0 Å². The van der Waals surface area contributed by atoms with Crippen LogP contribution >= 0.6 is 0 Å². The van der Waals surface area contributed by atoms with Gasteiger partial charge in [0, 0.05) is 18.8 Å². The Morgan fingerprint density at radius 1 is 1.17 bits per heavy atom. The molecule has 2 aromatic heterocycles. The monoisotopic (exact) mass is 308 g/mol. The molecule has 1 aromatic carbocycles. The third-order valence-corrected chi connectivity index (χ3v) is 3.38. The van der Waals surface area contributed by atoms with Gasteiger partial charge < -0.3 is 14.6 Å². The van der Waals surface area contributed by atoms with Crippen molar-refractivity contribution in [3.63, 3.8) is 0 Å². The zero-order valence-corrected chi connectivity index (χ0v) is 12.6. The molecule has 1 N–H and O–H groups in total. The molecule has 0 radical (unpaired) electrons. The third-order valence-electron chi connectivity index (χ3n) is 3.38. The summed E-state index contributed by atoms with van der Waals surface area (Å²) in [4.78, 5) is 22.3. The van der Waals surface area contributed by atoms with Crippen molar-refractivity contribution in [1.82, 2.24) is 15.3 Å². The van der Waals surface area contributed by atoms with Crippen LogP contribution in [0.5, 0.6) is 0 Å². The normalized spacial score (nSPS) is 10.3. The van der Waals surface area contributed by atoms with Crippen molar-refractivity contribution in [2.75, 3.05) is 11.9 Å². The van der Waals surface area contributed by atoms with Gasteiger partial charge in [0.1, 0.15) is 23.6 Å². The Morgan fingerprint density at radius 3 is 2.74 bits per heavy atom. The minimum absolute atomic E-state index is 0.272. The second-order valence-corrected chi connectivity index (χ2v) is 4.92. The molecule has 0 saturated heterocycles. The van der Waals surface area contributed by atoms with E-state index in [9.17, 15) is 4.79 Å². The van der Waals surface area contributed by atoms with Crippen LogP contribution in [0.4, 0.5) is 11.5 Å². The number of nitrogens with zero attached hydrogens (tertiary/aromatic N) is 3. The standard InChI is InChI=1S/C17H16N4O2/c1-21(13-6-3-2-4-7-13)16-10-15(19-12-20-16)17(22)18-11-14-8-5-9-23-14/h2-10,12H,11H2,1H3,(H,18,22). The van der Waals surface area contributed by atoms with E-state index >= 15 is 0 Å². The maximum Gasteiger partial charge on any atom is 0.270 e. The predicted molar refractivity (Wildman–Crippen MR) is 86.4 cm³/mol. The number of amides is 1. The van der Waals surface area contributed by atoms with Gasteiger partial charge in [0.15, 0.2) is 0 Å². The van der Waals surface area contributed by atoms with Gasteiger partial charge in [-0.1, -0.05) is 18.2 Å². The molecule has 0 spiro atoms. The number of aromatic nitrogens is 2. The molecule has 6 nitrogen and oxygen atoms in total. The second kappa shape index (κ2) is 6.74. The SMILES string of the molecule is CN(c1ccccc1)c1cc(C(=O)NCc2ccco2)ncn1. The van der Waals surface area contributed by atoms with E-state index in [1.54, 1.807) is 24.5 Å². The Bertz CT molecular complexity index is 772. The molecule has 0 aliphatic heterocycles. The van der Waals surface area contributed by atoms with Gasteiger partial charge in [-0.2, -0.15) is 0 Å². The van der Waals surface area contributed by atoms with Gasteiger partial charge in [-0.15, -0.1) is 0 Å². The minimum atomic E-state index is -0.272. The topological polar surface area (TPSA) is 71.3 Å². The first-order valence-corrected chi connectivity index (χ1v) is 7.15. The Morgan fingerprint density at radius 2 is 2.00 bits per heavy atom. The van der Waals surface area contributed by atoms with Crippen LogP contribution in [-0.4, -0.2) is 22.9 Å². The molecule has 2 heterocycles. The maximum atomic E-state index is 12.2. The molecule has 23 heavy (non-hydrogen) atoms. The van der Waals surface area contributed by atoms with Crippen LogP contribution in [0.1, 0.15) is 16.2 Å². The second-order valence-electron chi connectivity index (χ2n) is 4.92. The van der Waals surface area contributed by atoms with E-state index in [1.807, 2.05) is 42.3 Å². The van der Waals surface area contributed by atoms with Crippen LogP contribution in [-0.2, 0) is 6.54 Å². The lowest BCUT2D eigenvalue weighted by Crippen LogP contribution is -2.24. The lowest BCUT2D eigenvalue weighted by Gasteiger charge is -2.18. The molecule has 0 bridgehead atoms. The van der Waals surface area contributed by atoms with Gasteiger partial charge in [0.05, 0.1) is 12.8 Å². The van der Waals surface area contributed by atoms with Crippen LogP contribution in [0.25, 0.3) is 0 Å². The highest BCUT2D eigenvalue weighted by molar-refractivity contribution is 5.92. The van der Waals surface area contributed by atoms with Gasteiger partial charge in [0.2, 0.25) is 0 Å². The van der Waals surface area contributed by atoms with Crippen molar-refractivity contribution in [1.29, 1.82) is 0 Å². The van der Waals surface area contributed by atoms with Crippen LogP contribution in [0.15, 0.2) is 65.5 Å². The summed E-state index contributed by atoms with van der Waals surface area (Å²) in [7, 11) is 1.89. The van der Waals surface area contributed by atoms with E-state index in [4.69, 9.17) is 4.42 Å². The fraction of sp³-hybridized carbons (Fsp3) is 0.118. The fourth-order valence-electron chi connectivity index (χ4n) is 2.11. The molecule has 6 heteroatoms. The first-order chi connectivity index (χ1) is 11.2. The van der Waals surface area contributed by atoms with Crippen LogP contribution in [0, 0.1) is 0 Å². The zero-order valence-electron chi connectivity index (χ0n) is 12.6. The van der Waals surface area contributed by atoms with E-state index in [0.717, 1.165) is 5.69 Å². The van der Waals surface area contributed by atoms with Gasteiger partial charge in [-0.3, -0.25) is 4.79 Å². The molecular weight excluding hydrogens is 292 g/mol. The average Bonchev–Trinajstić information content (AvgIpc) is 3.13. The van der Waals surface area contributed by atoms with Crippen molar-refractivity contribution in [2.45, 2.75) is 6.54 Å². The third kappa shape index (κ3) is 3.55. The van der Waals surface area contributed by atoms with Gasteiger partial charge in [-0.05, 0) is 24.3 Å². The lowest BCUT2D eigenvalue weighted by atomic mass is 10.3. The highest BCUT2D eigenvalue weighted by Crippen LogP contribution is 2.20. The molecule has 0 atom stereocenters. The smallest absolute Gasteiger partial charge is 0.270 e. The number of nitrogens with one attached hydrogen (secondary N) is 1. The summed E-state index contributed by atoms with van der Waals surface area (Å²) in [6.07, 6.45) is 2.95. The Labute approximate surface area is 133 Å². The van der Waals surface area contributed by atoms with Crippen LogP contribution < -0.4 is 10.2 Å². The molecule has 3 aromatic rings. The number of rotatable bonds is 5. The number of benzene rings is 1. The van der Waals surface area contributed by atoms with E-state index in [1.165, 1.54) is 6.33 Å². The van der Waals surface area contributed by atoms with Crippen molar-refractivity contribution < 1.29 is 9.21 Å². The molecule has 1 amide bonds. The molecule has 0 saturated carbocycles.